The predicted molar refractivity (Wildman–Crippen MR) is 133 cm³/mol. The smallest absolute Gasteiger partial charge is 0.416 e. The summed E-state index contributed by atoms with van der Waals surface area (Å²) in [5, 5.41) is 10.3. The van der Waals surface area contributed by atoms with Gasteiger partial charge in [-0.25, -0.2) is 9.78 Å². The first-order chi connectivity index (χ1) is 18.2. The van der Waals surface area contributed by atoms with Gasteiger partial charge in [-0.3, -0.25) is 4.79 Å². The molecule has 0 spiro atoms. The summed E-state index contributed by atoms with van der Waals surface area (Å²) in [6.45, 7) is 1.15. The number of carbonyl (C=O) groups is 2. The van der Waals surface area contributed by atoms with Gasteiger partial charge in [-0.05, 0) is 59.5 Å². The van der Waals surface area contributed by atoms with Gasteiger partial charge in [0.25, 0.3) is 0 Å². The monoisotopic (exact) mass is 523 g/mol. The first-order valence-corrected chi connectivity index (χ1v) is 11.9. The Morgan fingerprint density at radius 3 is 2.50 bits per heavy atom. The average Bonchev–Trinajstić information content (AvgIpc) is 3.21. The molecule has 0 saturated carbocycles. The fraction of sp³-hybridized carbons (Fsp3) is 0.250. The summed E-state index contributed by atoms with van der Waals surface area (Å²) in [6, 6.07) is 13.5. The van der Waals surface area contributed by atoms with Gasteiger partial charge in [0.15, 0.2) is 0 Å². The summed E-state index contributed by atoms with van der Waals surface area (Å²) in [5.74, 6) is -1.05. The number of alkyl halides is 3. The van der Waals surface area contributed by atoms with Gasteiger partial charge in [0, 0.05) is 30.4 Å². The number of rotatable bonds is 6. The number of aromatic nitrogens is 2. The lowest BCUT2D eigenvalue weighted by molar-refractivity contribution is -0.137. The molecule has 1 amide bonds. The number of methoxy groups -OCH3 is 1. The molecule has 2 aromatic heterocycles. The van der Waals surface area contributed by atoms with Crippen LogP contribution in [0.1, 0.15) is 38.3 Å². The van der Waals surface area contributed by atoms with E-state index in [0.29, 0.717) is 37.2 Å². The number of halogens is 3. The minimum Gasteiger partial charge on any atom is -0.496 e. The lowest BCUT2D eigenvalue weighted by Crippen LogP contribution is -2.37. The Kier molecular flexibility index (Phi) is 6.56. The number of aromatic carboxylic acids is 1. The Hall–Kier alpha value is -4.34. The van der Waals surface area contributed by atoms with E-state index in [4.69, 9.17) is 4.74 Å². The Labute approximate surface area is 216 Å². The summed E-state index contributed by atoms with van der Waals surface area (Å²) >= 11 is 0. The molecule has 0 aliphatic carbocycles. The number of carboxylic acid groups (broad SMARTS) is 1. The molecule has 0 unspecified atom stereocenters. The number of carbonyl (C=O) groups excluding carboxylic acids is 1. The van der Waals surface area contributed by atoms with E-state index in [-0.39, 0.29) is 23.6 Å². The maximum atomic E-state index is 13.2. The molecule has 7 nitrogen and oxygen atoms in total. The van der Waals surface area contributed by atoms with Crippen LogP contribution in [0.3, 0.4) is 0 Å². The molecule has 196 valence electrons. The minimum absolute atomic E-state index is 0.0200. The Morgan fingerprint density at radius 1 is 1.08 bits per heavy atom. The van der Waals surface area contributed by atoms with Crippen LogP contribution in [0.5, 0.6) is 5.75 Å². The molecule has 0 radical (unpaired) electrons. The first-order valence-electron chi connectivity index (χ1n) is 11.9. The molecule has 0 bridgehead atoms. The van der Waals surface area contributed by atoms with Crippen molar-refractivity contribution in [2.24, 2.45) is 0 Å². The van der Waals surface area contributed by atoms with Gasteiger partial charge in [0.05, 0.1) is 25.6 Å². The lowest BCUT2D eigenvalue weighted by atomic mass is 10.0. The summed E-state index contributed by atoms with van der Waals surface area (Å²) < 4.78 is 46.2. The predicted octanol–water partition coefficient (Wildman–Crippen LogP) is 4.94. The molecule has 38 heavy (non-hydrogen) atoms. The molecule has 2 aromatic carbocycles. The Bertz CT molecular complexity index is 1530. The maximum Gasteiger partial charge on any atom is 0.416 e. The highest BCUT2D eigenvalue weighted by Crippen LogP contribution is 2.32. The highest BCUT2D eigenvalue weighted by molar-refractivity contribution is 5.91. The third-order valence-corrected chi connectivity index (χ3v) is 6.84. The van der Waals surface area contributed by atoms with Gasteiger partial charge >= 0.3 is 12.1 Å². The van der Waals surface area contributed by atoms with Crippen molar-refractivity contribution in [3.05, 3.63) is 94.3 Å². The number of ether oxygens (including phenoxy) is 1. The summed E-state index contributed by atoms with van der Waals surface area (Å²) in [6.07, 6.45) is -2.04. The van der Waals surface area contributed by atoms with Crippen molar-refractivity contribution in [1.82, 2.24) is 14.5 Å². The number of hydrogen-bond donors (Lipinski definition) is 1. The molecule has 1 aliphatic rings. The number of hydrogen-bond acceptors (Lipinski definition) is 4. The van der Waals surface area contributed by atoms with Crippen LogP contribution >= 0.6 is 0 Å². The van der Waals surface area contributed by atoms with Gasteiger partial charge in [-0.15, -0.1) is 0 Å². The second-order valence-electron chi connectivity index (χ2n) is 9.16. The number of benzene rings is 2. The van der Waals surface area contributed by atoms with Crippen molar-refractivity contribution in [2.45, 2.75) is 32.1 Å². The zero-order valence-corrected chi connectivity index (χ0v) is 20.5. The maximum absolute atomic E-state index is 13.2. The van der Waals surface area contributed by atoms with E-state index in [2.05, 4.69) is 4.98 Å². The van der Waals surface area contributed by atoms with Crippen molar-refractivity contribution >= 4 is 22.9 Å². The van der Waals surface area contributed by atoms with Crippen molar-refractivity contribution in [1.29, 1.82) is 0 Å². The average molecular weight is 524 g/mol. The highest BCUT2D eigenvalue weighted by Gasteiger charge is 2.30. The topological polar surface area (TPSA) is 84.7 Å². The molecule has 0 atom stereocenters. The van der Waals surface area contributed by atoms with Crippen LogP contribution in [0.2, 0.25) is 0 Å². The van der Waals surface area contributed by atoms with E-state index in [1.807, 2.05) is 16.7 Å². The fourth-order valence-corrected chi connectivity index (χ4v) is 4.93. The van der Waals surface area contributed by atoms with Gasteiger partial charge in [-0.2, -0.15) is 13.2 Å². The molecular formula is C28H24F3N3O4. The van der Waals surface area contributed by atoms with Crippen LogP contribution in [0.25, 0.3) is 11.0 Å². The third kappa shape index (κ3) is 4.81. The van der Waals surface area contributed by atoms with E-state index in [0.717, 1.165) is 34.4 Å². The van der Waals surface area contributed by atoms with Gasteiger partial charge in [-0.1, -0.05) is 18.2 Å². The molecular weight excluding hydrogens is 499 g/mol. The van der Waals surface area contributed by atoms with Crippen LogP contribution < -0.4 is 4.74 Å². The van der Waals surface area contributed by atoms with Gasteiger partial charge < -0.3 is 19.3 Å². The Balaban J connectivity index is 1.41. The minimum atomic E-state index is -4.40. The van der Waals surface area contributed by atoms with E-state index in [9.17, 15) is 27.9 Å². The molecule has 1 aliphatic heterocycles. The second kappa shape index (κ2) is 9.85. The largest absolute Gasteiger partial charge is 0.496 e. The second-order valence-corrected chi connectivity index (χ2v) is 9.16. The standard InChI is InChI=1S/C28H24F3N3O4/c1-38-24-13-18(6-9-22(24)27(36)37)14-25(35)33-12-10-20-21-3-2-11-32-26(21)34(23(20)16-33)15-17-4-7-19(8-5-17)28(29,30)31/h2-9,11,13H,10,12,14-16H2,1H3,(H,36,37). The quantitative estimate of drug-likeness (QED) is 0.387. The summed E-state index contributed by atoms with van der Waals surface area (Å²) in [5.41, 5.74) is 3.34. The lowest BCUT2D eigenvalue weighted by Gasteiger charge is -2.29. The van der Waals surface area contributed by atoms with Crippen molar-refractivity contribution in [3.63, 3.8) is 0 Å². The molecule has 0 fully saturated rings. The van der Waals surface area contributed by atoms with Crippen LogP contribution in [0.4, 0.5) is 13.2 Å². The van der Waals surface area contributed by atoms with E-state index in [1.54, 1.807) is 23.2 Å². The zero-order valence-electron chi connectivity index (χ0n) is 20.5. The van der Waals surface area contributed by atoms with Crippen molar-refractivity contribution in [3.8, 4) is 5.75 Å². The SMILES string of the molecule is COc1cc(CC(=O)N2CCc3c(n(Cc4ccc(C(F)(F)F)cc4)c4ncccc34)C2)ccc1C(=O)O. The molecule has 1 N–H and O–H groups in total. The number of nitrogens with zero attached hydrogens (tertiary/aromatic N) is 3. The number of fused-ring (bicyclic) bond motifs is 3. The number of carboxylic acids is 1. The van der Waals surface area contributed by atoms with Gasteiger partial charge in [0.2, 0.25) is 5.91 Å². The van der Waals surface area contributed by atoms with Crippen LogP contribution in [-0.4, -0.2) is 45.1 Å². The normalized spacial score (nSPS) is 13.4. The van der Waals surface area contributed by atoms with Crippen molar-refractivity contribution in [2.75, 3.05) is 13.7 Å². The highest BCUT2D eigenvalue weighted by atomic mass is 19.4. The van der Waals surface area contributed by atoms with Gasteiger partial charge in [0.1, 0.15) is 17.0 Å². The molecule has 3 heterocycles. The molecule has 4 aromatic rings. The van der Waals surface area contributed by atoms with E-state index in [1.165, 1.54) is 25.3 Å². The first kappa shape index (κ1) is 25.3. The summed E-state index contributed by atoms with van der Waals surface area (Å²) in [4.78, 5) is 30.9. The number of pyridine rings is 1. The fourth-order valence-electron chi connectivity index (χ4n) is 4.93. The van der Waals surface area contributed by atoms with Crippen LogP contribution in [-0.2, 0) is 36.9 Å². The molecule has 10 heteroatoms. The molecule has 5 rings (SSSR count). The summed E-state index contributed by atoms with van der Waals surface area (Å²) in [7, 11) is 1.38. The van der Waals surface area contributed by atoms with Crippen molar-refractivity contribution < 1.29 is 32.6 Å². The number of amides is 1. The van der Waals surface area contributed by atoms with Crippen LogP contribution in [0.15, 0.2) is 60.8 Å². The zero-order chi connectivity index (χ0) is 27.0. The van der Waals surface area contributed by atoms with E-state index >= 15 is 0 Å². The molecule has 0 saturated heterocycles. The van der Waals surface area contributed by atoms with Crippen LogP contribution in [0, 0.1) is 0 Å². The Morgan fingerprint density at radius 2 is 1.82 bits per heavy atom. The third-order valence-electron chi connectivity index (χ3n) is 6.84. The van der Waals surface area contributed by atoms with E-state index < -0.39 is 17.7 Å².